The van der Waals surface area contributed by atoms with Crippen molar-refractivity contribution in [2.45, 2.75) is 6.10 Å². The molecule has 0 saturated carbocycles. The van der Waals surface area contributed by atoms with E-state index in [-0.39, 0.29) is 23.8 Å². The molecule has 15 heavy (non-hydrogen) atoms. The monoisotopic (exact) mass is 294 g/mol. The molecule has 0 fully saturated rings. The van der Waals surface area contributed by atoms with Crippen LogP contribution in [0.15, 0.2) is 3.79 Å². The molecule has 0 aliphatic carbocycles. The molecule has 5 nitrogen and oxygen atoms in total. The number of carbonyl (C=O) groups is 1. The minimum atomic E-state index is -1.05. The van der Waals surface area contributed by atoms with Crippen molar-refractivity contribution in [3.05, 3.63) is 8.66 Å². The van der Waals surface area contributed by atoms with E-state index in [0.29, 0.717) is 9.54 Å². The van der Waals surface area contributed by atoms with Gasteiger partial charge in [0.1, 0.15) is 10.4 Å². The van der Waals surface area contributed by atoms with Gasteiger partial charge in [-0.3, -0.25) is 0 Å². The zero-order valence-electron chi connectivity index (χ0n) is 7.40. The van der Waals surface area contributed by atoms with Gasteiger partial charge in [-0.15, -0.1) is 11.3 Å². The zero-order chi connectivity index (χ0) is 11.0. The molecule has 0 saturated heterocycles. The highest BCUT2D eigenvalue weighted by Gasteiger charge is 2.30. The first-order valence-corrected chi connectivity index (χ1v) is 5.70. The van der Waals surface area contributed by atoms with Gasteiger partial charge in [-0.1, -0.05) is 0 Å². The molecule has 1 aliphatic rings. The quantitative estimate of drug-likeness (QED) is 0.861. The van der Waals surface area contributed by atoms with E-state index in [1.165, 1.54) is 0 Å². The Morgan fingerprint density at radius 3 is 2.93 bits per heavy atom. The van der Waals surface area contributed by atoms with Crippen molar-refractivity contribution < 1.29 is 24.5 Å². The molecule has 1 aromatic rings. The first-order chi connectivity index (χ1) is 7.13. The van der Waals surface area contributed by atoms with Gasteiger partial charge in [0, 0.05) is 0 Å². The van der Waals surface area contributed by atoms with Crippen molar-refractivity contribution in [2.24, 2.45) is 0 Å². The van der Waals surface area contributed by atoms with Crippen LogP contribution in [0.4, 0.5) is 0 Å². The zero-order valence-corrected chi connectivity index (χ0v) is 9.80. The number of carboxylic acid groups (broad SMARTS) is 1. The fourth-order valence-corrected chi connectivity index (χ4v) is 2.72. The summed E-state index contributed by atoms with van der Waals surface area (Å²) in [5.41, 5.74) is 0. The highest BCUT2D eigenvalue weighted by atomic mass is 79.9. The highest BCUT2D eigenvalue weighted by molar-refractivity contribution is 9.11. The van der Waals surface area contributed by atoms with Crippen molar-refractivity contribution in [1.82, 2.24) is 0 Å². The SMILES string of the molecule is O=C(O)c1sc(Br)c2c1OCC(CO)O2. The van der Waals surface area contributed by atoms with Gasteiger partial charge in [-0.2, -0.15) is 0 Å². The number of carboxylic acids is 1. The van der Waals surface area contributed by atoms with Gasteiger partial charge in [0.05, 0.1) is 6.61 Å². The van der Waals surface area contributed by atoms with Crippen LogP contribution in [-0.2, 0) is 0 Å². The fourth-order valence-electron chi connectivity index (χ4n) is 1.21. The largest absolute Gasteiger partial charge is 0.484 e. The number of aliphatic hydroxyl groups is 1. The van der Waals surface area contributed by atoms with Crippen molar-refractivity contribution in [3.8, 4) is 11.5 Å². The molecule has 0 radical (unpaired) electrons. The van der Waals surface area contributed by atoms with Crippen LogP contribution < -0.4 is 9.47 Å². The second-order valence-corrected chi connectivity index (χ2v) is 5.24. The van der Waals surface area contributed by atoms with Crippen LogP contribution >= 0.6 is 27.3 Å². The smallest absolute Gasteiger partial charge is 0.349 e. The van der Waals surface area contributed by atoms with Gasteiger partial charge in [0.2, 0.25) is 0 Å². The van der Waals surface area contributed by atoms with Crippen LogP contribution in [0.1, 0.15) is 9.67 Å². The lowest BCUT2D eigenvalue weighted by atomic mass is 10.3. The number of halogens is 1. The molecule has 1 aromatic heterocycles. The van der Waals surface area contributed by atoms with E-state index in [9.17, 15) is 4.79 Å². The number of hydrogen-bond acceptors (Lipinski definition) is 5. The summed E-state index contributed by atoms with van der Waals surface area (Å²) in [7, 11) is 0. The topological polar surface area (TPSA) is 76.0 Å². The van der Waals surface area contributed by atoms with Gasteiger partial charge < -0.3 is 19.7 Å². The lowest BCUT2D eigenvalue weighted by Gasteiger charge is -2.23. The molecular weight excluding hydrogens is 288 g/mol. The van der Waals surface area contributed by atoms with Crippen molar-refractivity contribution in [3.63, 3.8) is 0 Å². The summed E-state index contributed by atoms with van der Waals surface area (Å²) in [6.07, 6.45) is -0.440. The van der Waals surface area contributed by atoms with Crippen LogP contribution in [0.2, 0.25) is 0 Å². The van der Waals surface area contributed by atoms with E-state index in [1.807, 2.05) is 0 Å². The second kappa shape index (κ2) is 3.99. The molecule has 1 aliphatic heterocycles. The van der Waals surface area contributed by atoms with E-state index in [4.69, 9.17) is 19.7 Å². The highest BCUT2D eigenvalue weighted by Crippen LogP contribution is 2.47. The first kappa shape index (κ1) is 10.7. The molecule has 0 amide bonds. The van der Waals surface area contributed by atoms with E-state index >= 15 is 0 Å². The van der Waals surface area contributed by atoms with Gasteiger partial charge in [-0.25, -0.2) is 4.79 Å². The number of aromatic carboxylic acids is 1. The van der Waals surface area contributed by atoms with E-state index in [1.54, 1.807) is 0 Å². The van der Waals surface area contributed by atoms with E-state index in [0.717, 1.165) is 11.3 Å². The minimum Gasteiger partial charge on any atom is -0.484 e. The molecule has 1 atom stereocenters. The van der Waals surface area contributed by atoms with Gasteiger partial charge >= 0.3 is 5.97 Å². The minimum absolute atomic E-state index is 0.105. The predicted molar refractivity (Wildman–Crippen MR) is 56.0 cm³/mol. The maximum Gasteiger partial charge on any atom is 0.349 e. The maximum atomic E-state index is 10.8. The molecule has 0 spiro atoms. The third-order valence-corrected chi connectivity index (χ3v) is 3.65. The number of fused-ring (bicyclic) bond motifs is 1. The van der Waals surface area contributed by atoms with Crippen molar-refractivity contribution in [1.29, 1.82) is 0 Å². The van der Waals surface area contributed by atoms with Gasteiger partial charge in [0.25, 0.3) is 0 Å². The maximum absolute atomic E-state index is 10.8. The van der Waals surface area contributed by atoms with E-state index in [2.05, 4.69) is 15.9 Å². The Bertz CT molecular complexity index is 402. The normalized spacial score (nSPS) is 18.9. The summed E-state index contributed by atoms with van der Waals surface area (Å²) in [5, 5.41) is 17.8. The van der Waals surface area contributed by atoms with Crippen LogP contribution in [0, 0.1) is 0 Å². The number of rotatable bonds is 2. The number of hydrogen-bond donors (Lipinski definition) is 2. The molecule has 0 bridgehead atoms. The molecule has 1 unspecified atom stereocenters. The van der Waals surface area contributed by atoms with Crippen molar-refractivity contribution in [2.75, 3.05) is 13.2 Å². The van der Waals surface area contributed by atoms with Crippen LogP contribution in [0.25, 0.3) is 0 Å². The Kier molecular flexibility index (Phi) is 2.85. The first-order valence-electron chi connectivity index (χ1n) is 4.09. The van der Waals surface area contributed by atoms with Gasteiger partial charge in [-0.05, 0) is 15.9 Å². The third-order valence-electron chi connectivity index (χ3n) is 1.88. The van der Waals surface area contributed by atoms with Crippen LogP contribution in [-0.4, -0.2) is 35.5 Å². The molecular formula is C8H7BrO5S. The number of ether oxygens (including phenoxy) is 2. The molecule has 0 aromatic carbocycles. The Morgan fingerprint density at radius 2 is 2.33 bits per heavy atom. The summed E-state index contributed by atoms with van der Waals surface area (Å²) in [4.78, 5) is 10.9. The summed E-state index contributed by atoms with van der Waals surface area (Å²) in [6, 6.07) is 0. The Morgan fingerprint density at radius 1 is 1.60 bits per heavy atom. The molecule has 2 rings (SSSR count). The Labute approximate surface area is 97.4 Å². The fraction of sp³-hybridized carbons (Fsp3) is 0.375. The van der Waals surface area contributed by atoms with Gasteiger partial charge in [0.15, 0.2) is 22.5 Å². The molecule has 2 N–H and O–H groups in total. The predicted octanol–water partition coefficient (Wildman–Crippen LogP) is 1.34. The average Bonchev–Trinajstić information content (AvgIpc) is 2.56. The lowest BCUT2D eigenvalue weighted by Crippen LogP contribution is -2.32. The lowest BCUT2D eigenvalue weighted by molar-refractivity contribution is 0.0440. The van der Waals surface area contributed by atoms with Crippen LogP contribution in [0.5, 0.6) is 11.5 Å². The third kappa shape index (κ3) is 1.82. The Hall–Kier alpha value is -0.790. The standard InChI is InChI=1S/C8H7BrO5S/c9-7-5-4(6(15-7)8(11)12)13-2-3(1-10)14-5/h3,10H,1-2H2,(H,11,12). The second-order valence-electron chi connectivity index (χ2n) is 2.90. The molecule has 82 valence electrons. The van der Waals surface area contributed by atoms with Crippen molar-refractivity contribution >= 4 is 33.2 Å². The summed E-state index contributed by atoms with van der Waals surface area (Å²) < 4.78 is 11.2. The Balaban J connectivity index is 2.40. The van der Waals surface area contributed by atoms with E-state index < -0.39 is 12.1 Å². The summed E-state index contributed by atoms with van der Waals surface area (Å²) in [6.45, 7) is -0.00289. The molecule has 7 heteroatoms. The number of aliphatic hydroxyl groups excluding tert-OH is 1. The average molecular weight is 295 g/mol. The summed E-state index contributed by atoms with van der Waals surface area (Å²) >= 11 is 4.23. The number of thiophene rings is 1. The van der Waals surface area contributed by atoms with Crippen LogP contribution in [0.3, 0.4) is 0 Å². The summed E-state index contributed by atoms with van der Waals surface area (Å²) in [5.74, 6) is -0.445. The molecule has 2 heterocycles.